The molecular formula is C8H14O5. The van der Waals surface area contributed by atoms with E-state index in [0.717, 1.165) is 6.08 Å². The van der Waals surface area contributed by atoms with Crippen molar-refractivity contribution >= 4 is 5.97 Å². The molecule has 5 nitrogen and oxygen atoms in total. The summed E-state index contributed by atoms with van der Waals surface area (Å²) < 4.78 is 9.09. The molecule has 0 spiro atoms. The molecule has 0 rings (SSSR count). The summed E-state index contributed by atoms with van der Waals surface area (Å²) >= 11 is 0. The molecule has 0 aliphatic carbocycles. The van der Waals surface area contributed by atoms with Gasteiger partial charge in [0.15, 0.2) is 0 Å². The highest BCUT2D eigenvalue weighted by Gasteiger charge is 2.37. The van der Waals surface area contributed by atoms with E-state index in [1.54, 1.807) is 6.92 Å². The van der Waals surface area contributed by atoms with E-state index in [2.05, 4.69) is 16.1 Å². The first kappa shape index (κ1) is 12.1. The number of aliphatic hydroxyl groups excluding tert-OH is 1. The number of hydrogen-bond acceptors (Lipinski definition) is 5. The largest absolute Gasteiger partial charge is 0.402 e. The van der Waals surface area contributed by atoms with Crippen LogP contribution in [-0.4, -0.2) is 34.9 Å². The van der Waals surface area contributed by atoms with Crippen LogP contribution in [0.2, 0.25) is 0 Å². The van der Waals surface area contributed by atoms with Gasteiger partial charge in [-0.25, -0.2) is 4.79 Å². The topological polar surface area (TPSA) is 76.0 Å². The summed E-state index contributed by atoms with van der Waals surface area (Å²) in [7, 11) is 0. The summed E-state index contributed by atoms with van der Waals surface area (Å²) in [6.07, 6.45) is -0.469. The third kappa shape index (κ3) is 3.54. The highest BCUT2D eigenvalue weighted by atomic mass is 16.8. The van der Waals surface area contributed by atoms with Crippen molar-refractivity contribution in [1.29, 1.82) is 0 Å². The Balaban J connectivity index is 4.40. The van der Waals surface area contributed by atoms with Crippen molar-refractivity contribution in [3.63, 3.8) is 0 Å². The first-order valence-electron chi connectivity index (χ1n) is 3.86. The van der Waals surface area contributed by atoms with E-state index >= 15 is 0 Å². The Labute approximate surface area is 76.6 Å². The quantitative estimate of drug-likeness (QED) is 0.356. The molecular weight excluding hydrogens is 176 g/mol. The normalized spacial score (nSPS) is 17.2. The average Bonchev–Trinajstić information content (AvgIpc) is 2.04. The fourth-order valence-corrected chi connectivity index (χ4v) is 0.628. The Kier molecular flexibility index (Phi) is 4.61. The number of rotatable bonds is 5. The fourth-order valence-electron chi connectivity index (χ4n) is 0.628. The molecule has 2 unspecified atom stereocenters. The second-order valence-corrected chi connectivity index (χ2v) is 2.36. The van der Waals surface area contributed by atoms with Gasteiger partial charge in [-0.2, -0.15) is 0 Å². The van der Waals surface area contributed by atoms with Crippen molar-refractivity contribution in [1.82, 2.24) is 0 Å². The average molecular weight is 190 g/mol. The Morgan fingerprint density at radius 1 is 1.77 bits per heavy atom. The van der Waals surface area contributed by atoms with Crippen LogP contribution in [0, 0.1) is 0 Å². The van der Waals surface area contributed by atoms with Crippen LogP contribution in [0.5, 0.6) is 0 Å². The number of esters is 1. The first-order valence-corrected chi connectivity index (χ1v) is 3.86. The lowest BCUT2D eigenvalue weighted by molar-refractivity contribution is -0.372. The van der Waals surface area contributed by atoms with E-state index in [1.165, 1.54) is 6.92 Å². The van der Waals surface area contributed by atoms with Gasteiger partial charge in [-0.05, 0) is 13.8 Å². The Morgan fingerprint density at radius 2 is 2.31 bits per heavy atom. The van der Waals surface area contributed by atoms with Gasteiger partial charge >= 0.3 is 11.9 Å². The van der Waals surface area contributed by atoms with Gasteiger partial charge in [-0.15, -0.1) is 0 Å². The molecule has 5 heteroatoms. The smallest absolute Gasteiger partial charge is 0.354 e. The molecule has 13 heavy (non-hydrogen) atoms. The maximum atomic E-state index is 10.7. The van der Waals surface area contributed by atoms with Crippen molar-refractivity contribution in [3.05, 3.63) is 12.7 Å². The summed E-state index contributed by atoms with van der Waals surface area (Å²) in [5.74, 6) is -3.16. The molecule has 0 amide bonds. The Hall–Kier alpha value is -0.910. The Bertz CT molecular complexity index is 189. The highest BCUT2D eigenvalue weighted by Crippen LogP contribution is 2.14. The molecule has 0 aromatic heterocycles. The molecule has 0 fully saturated rings. The van der Waals surface area contributed by atoms with E-state index in [9.17, 15) is 9.90 Å². The maximum absolute atomic E-state index is 10.7. The minimum absolute atomic E-state index is 0.103. The van der Waals surface area contributed by atoms with Crippen LogP contribution < -0.4 is 0 Å². The summed E-state index contributed by atoms with van der Waals surface area (Å²) in [5.41, 5.74) is 0. The minimum Gasteiger partial charge on any atom is -0.402 e. The number of carbonyl (C=O) groups excluding carboxylic acids is 1. The zero-order chi connectivity index (χ0) is 10.5. The minimum atomic E-state index is -2.29. The Morgan fingerprint density at radius 3 is 2.62 bits per heavy atom. The second-order valence-electron chi connectivity index (χ2n) is 2.36. The molecule has 0 saturated carbocycles. The third-order valence-corrected chi connectivity index (χ3v) is 1.29. The molecule has 0 heterocycles. The van der Waals surface area contributed by atoms with E-state index in [-0.39, 0.29) is 6.61 Å². The van der Waals surface area contributed by atoms with Crippen LogP contribution >= 0.6 is 0 Å². The standard InChI is InChI=1S/C8H14O5/c1-4-7(10)13-8(11,6(3)9)12-5-2/h4,6,9,11H,1,5H2,2-3H3. The van der Waals surface area contributed by atoms with Gasteiger partial charge in [0.2, 0.25) is 0 Å². The number of carbonyl (C=O) groups is 1. The molecule has 0 aliphatic rings. The zero-order valence-corrected chi connectivity index (χ0v) is 7.69. The molecule has 0 saturated heterocycles. The van der Waals surface area contributed by atoms with E-state index < -0.39 is 18.0 Å². The van der Waals surface area contributed by atoms with Gasteiger partial charge in [0.05, 0.1) is 6.61 Å². The molecule has 76 valence electrons. The predicted molar refractivity (Wildman–Crippen MR) is 44.5 cm³/mol. The molecule has 0 aromatic rings. The molecule has 2 atom stereocenters. The monoisotopic (exact) mass is 190 g/mol. The summed E-state index contributed by atoms with van der Waals surface area (Å²) in [6, 6.07) is 0. The molecule has 2 N–H and O–H groups in total. The van der Waals surface area contributed by atoms with Gasteiger partial charge in [-0.1, -0.05) is 6.58 Å². The van der Waals surface area contributed by atoms with Crippen molar-refractivity contribution in [3.8, 4) is 0 Å². The van der Waals surface area contributed by atoms with Gasteiger partial charge in [0.1, 0.15) is 6.10 Å². The molecule has 0 aromatic carbocycles. The summed E-state index contributed by atoms with van der Waals surface area (Å²) in [5, 5.41) is 18.5. The summed E-state index contributed by atoms with van der Waals surface area (Å²) in [4.78, 5) is 10.7. The maximum Gasteiger partial charge on any atom is 0.354 e. The van der Waals surface area contributed by atoms with Crippen molar-refractivity contribution in [2.24, 2.45) is 0 Å². The van der Waals surface area contributed by atoms with Gasteiger partial charge in [0.25, 0.3) is 0 Å². The lowest BCUT2D eigenvalue weighted by atomic mass is 10.3. The van der Waals surface area contributed by atoms with Crippen LogP contribution in [0.3, 0.4) is 0 Å². The highest BCUT2D eigenvalue weighted by molar-refractivity contribution is 5.81. The number of aliphatic hydroxyl groups is 2. The van der Waals surface area contributed by atoms with Crippen LogP contribution in [-0.2, 0) is 14.3 Å². The van der Waals surface area contributed by atoms with Gasteiger partial charge in [-0.3, -0.25) is 0 Å². The summed E-state index contributed by atoms with van der Waals surface area (Å²) in [6.45, 7) is 6.08. The zero-order valence-electron chi connectivity index (χ0n) is 7.69. The molecule has 0 bridgehead atoms. The van der Waals surface area contributed by atoms with Crippen molar-refractivity contribution < 1.29 is 24.5 Å². The third-order valence-electron chi connectivity index (χ3n) is 1.29. The van der Waals surface area contributed by atoms with Crippen LogP contribution in [0.4, 0.5) is 0 Å². The van der Waals surface area contributed by atoms with Crippen molar-refractivity contribution in [2.75, 3.05) is 6.61 Å². The van der Waals surface area contributed by atoms with Crippen molar-refractivity contribution in [2.45, 2.75) is 25.9 Å². The number of ether oxygens (including phenoxy) is 2. The first-order chi connectivity index (χ1) is 5.96. The van der Waals surface area contributed by atoms with Crippen LogP contribution in [0.15, 0.2) is 12.7 Å². The van der Waals surface area contributed by atoms with E-state index in [4.69, 9.17) is 5.11 Å². The molecule has 0 radical (unpaired) electrons. The SMILES string of the molecule is C=CC(=O)OC(O)(OCC)C(C)O. The van der Waals surface area contributed by atoms with Gasteiger partial charge in [0, 0.05) is 6.08 Å². The lowest BCUT2D eigenvalue weighted by Crippen LogP contribution is -2.47. The predicted octanol–water partition coefficient (Wildman–Crippen LogP) is -0.221. The van der Waals surface area contributed by atoms with Crippen LogP contribution in [0.1, 0.15) is 13.8 Å². The van der Waals surface area contributed by atoms with E-state index in [1.807, 2.05) is 0 Å². The van der Waals surface area contributed by atoms with Gasteiger partial charge < -0.3 is 19.7 Å². The van der Waals surface area contributed by atoms with E-state index in [0.29, 0.717) is 0 Å². The molecule has 0 aliphatic heterocycles. The van der Waals surface area contributed by atoms with Crippen LogP contribution in [0.25, 0.3) is 0 Å². The lowest BCUT2D eigenvalue weighted by Gasteiger charge is -2.28. The fraction of sp³-hybridized carbons (Fsp3) is 0.625. The number of hydrogen-bond donors (Lipinski definition) is 2. The second kappa shape index (κ2) is 4.96.